The van der Waals surface area contributed by atoms with Crippen molar-refractivity contribution in [2.45, 2.75) is 47.2 Å². The highest BCUT2D eigenvalue weighted by atomic mass is 16.5. The van der Waals surface area contributed by atoms with Gasteiger partial charge in [0.25, 0.3) is 0 Å². The molecule has 0 radical (unpaired) electrons. The number of hydrogen-bond acceptors (Lipinski definition) is 3. The summed E-state index contributed by atoms with van der Waals surface area (Å²) in [4.78, 5) is 12.0. The van der Waals surface area contributed by atoms with Crippen LogP contribution in [0.25, 0.3) is 0 Å². The van der Waals surface area contributed by atoms with Crippen LogP contribution in [0.2, 0.25) is 0 Å². The number of urea groups is 1. The molecule has 2 N–H and O–H groups in total. The minimum atomic E-state index is -0.202. The first kappa shape index (κ1) is 16.1. The number of benzene rings is 1. The monoisotopic (exact) mass is 301 g/mol. The normalized spacial score (nSPS) is 12.0. The maximum atomic E-state index is 12.0. The summed E-state index contributed by atoms with van der Waals surface area (Å²) >= 11 is 0. The summed E-state index contributed by atoms with van der Waals surface area (Å²) in [6.07, 6.45) is 0. The molecule has 1 atom stereocenters. The third kappa shape index (κ3) is 3.87. The van der Waals surface area contributed by atoms with Crippen molar-refractivity contribution in [3.8, 4) is 0 Å². The van der Waals surface area contributed by atoms with E-state index in [2.05, 4.69) is 47.8 Å². The van der Waals surface area contributed by atoms with Crippen LogP contribution in [0.4, 0.5) is 4.79 Å². The van der Waals surface area contributed by atoms with E-state index in [1.807, 2.05) is 20.8 Å². The van der Waals surface area contributed by atoms with Crippen molar-refractivity contribution in [1.29, 1.82) is 0 Å². The Kier molecular flexibility index (Phi) is 4.85. The lowest BCUT2D eigenvalue weighted by Crippen LogP contribution is -2.36. The maximum Gasteiger partial charge on any atom is 0.315 e. The van der Waals surface area contributed by atoms with Crippen molar-refractivity contribution in [2.75, 3.05) is 0 Å². The molecule has 0 spiro atoms. The lowest BCUT2D eigenvalue weighted by Gasteiger charge is -2.16. The second-order valence-corrected chi connectivity index (χ2v) is 5.77. The van der Waals surface area contributed by atoms with E-state index in [4.69, 9.17) is 4.52 Å². The van der Waals surface area contributed by atoms with Crippen LogP contribution >= 0.6 is 0 Å². The fraction of sp³-hybridized carbons (Fsp3) is 0.412. The van der Waals surface area contributed by atoms with Gasteiger partial charge in [-0.15, -0.1) is 0 Å². The molecule has 5 nitrogen and oxygen atoms in total. The second kappa shape index (κ2) is 6.64. The lowest BCUT2D eigenvalue weighted by molar-refractivity contribution is 0.237. The Morgan fingerprint density at radius 3 is 2.36 bits per heavy atom. The van der Waals surface area contributed by atoms with Crippen molar-refractivity contribution in [3.05, 3.63) is 51.9 Å². The van der Waals surface area contributed by atoms with Crippen LogP contribution in [0, 0.1) is 27.7 Å². The first-order valence-corrected chi connectivity index (χ1v) is 7.41. The van der Waals surface area contributed by atoms with Crippen LogP contribution in [0.5, 0.6) is 0 Å². The van der Waals surface area contributed by atoms with Gasteiger partial charge in [-0.05, 0) is 40.2 Å². The molecular formula is C17H23N3O2. The molecule has 0 aliphatic rings. The van der Waals surface area contributed by atoms with Gasteiger partial charge in [0.05, 0.1) is 11.7 Å². The average molecular weight is 301 g/mol. The molecule has 5 heteroatoms. The van der Waals surface area contributed by atoms with E-state index in [9.17, 15) is 4.79 Å². The van der Waals surface area contributed by atoms with Crippen LogP contribution < -0.4 is 10.6 Å². The van der Waals surface area contributed by atoms with Crippen molar-refractivity contribution < 1.29 is 9.32 Å². The Hall–Kier alpha value is -2.30. The summed E-state index contributed by atoms with van der Waals surface area (Å²) < 4.78 is 5.08. The first-order chi connectivity index (χ1) is 10.4. The fourth-order valence-electron chi connectivity index (χ4n) is 2.51. The molecule has 2 rings (SSSR count). The smallest absolute Gasteiger partial charge is 0.315 e. The fourth-order valence-corrected chi connectivity index (χ4v) is 2.51. The van der Waals surface area contributed by atoms with Gasteiger partial charge in [0.1, 0.15) is 5.76 Å². The molecule has 22 heavy (non-hydrogen) atoms. The first-order valence-electron chi connectivity index (χ1n) is 7.41. The zero-order valence-electron chi connectivity index (χ0n) is 13.8. The molecule has 0 saturated carbocycles. The van der Waals surface area contributed by atoms with E-state index in [-0.39, 0.29) is 12.1 Å². The van der Waals surface area contributed by atoms with Crippen LogP contribution in [0.1, 0.15) is 46.7 Å². The predicted molar refractivity (Wildman–Crippen MR) is 85.7 cm³/mol. The molecule has 0 aliphatic carbocycles. The van der Waals surface area contributed by atoms with Crippen molar-refractivity contribution in [1.82, 2.24) is 15.8 Å². The number of aromatic nitrogens is 1. The number of amides is 2. The summed E-state index contributed by atoms with van der Waals surface area (Å²) in [5, 5.41) is 9.67. The van der Waals surface area contributed by atoms with Crippen LogP contribution in [-0.2, 0) is 6.54 Å². The van der Waals surface area contributed by atoms with Crippen LogP contribution in [0.3, 0.4) is 0 Å². The molecular weight excluding hydrogens is 278 g/mol. The van der Waals surface area contributed by atoms with Crippen LogP contribution in [-0.4, -0.2) is 11.2 Å². The van der Waals surface area contributed by atoms with Gasteiger partial charge in [-0.3, -0.25) is 0 Å². The highest BCUT2D eigenvalue weighted by molar-refractivity contribution is 5.74. The van der Waals surface area contributed by atoms with Gasteiger partial charge >= 0.3 is 6.03 Å². The molecule has 2 amide bonds. The van der Waals surface area contributed by atoms with Crippen molar-refractivity contribution >= 4 is 6.03 Å². The van der Waals surface area contributed by atoms with Gasteiger partial charge in [0.2, 0.25) is 0 Å². The molecule has 118 valence electrons. The second-order valence-electron chi connectivity index (χ2n) is 5.77. The van der Waals surface area contributed by atoms with E-state index in [0.717, 1.165) is 22.6 Å². The minimum Gasteiger partial charge on any atom is -0.361 e. The number of nitrogens with zero attached hydrogens (tertiary/aromatic N) is 1. The van der Waals surface area contributed by atoms with Gasteiger partial charge in [-0.25, -0.2) is 4.79 Å². The summed E-state index contributed by atoms with van der Waals surface area (Å²) in [5.41, 5.74) is 5.22. The standard InChI is InChI=1S/C17H23N3O2/c1-10-6-11(2)8-15(7-10)12(3)19-17(21)18-9-16-13(4)20-22-14(16)5/h6-8,12H,9H2,1-5H3,(H2,18,19,21). The largest absolute Gasteiger partial charge is 0.361 e. The van der Waals surface area contributed by atoms with E-state index >= 15 is 0 Å². The molecule has 2 aromatic rings. The molecule has 0 saturated heterocycles. The van der Waals surface area contributed by atoms with Gasteiger partial charge in [-0.1, -0.05) is 34.5 Å². The van der Waals surface area contributed by atoms with E-state index < -0.39 is 0 Å². The summed E-state index contributed by atoms with van der Waals surface area (Å²) in [6.45, 7) is 10.2. The van der Waals surface area contributed by atoms with Crippen molar-refractivity contribution in [3.63, 3.8) is 0 Å². The van der Waals surface area contributed by atoms with E-state index in [1.54, 1.807) is 0 Å². The quantitative estimate of drug-likeness (QED) is 0.908. The molecule has 0 bridgehead atoms. The summed E-state index contributed by atoms with van der Waals surface area (Å²) in [6, 6.07) is 6.04. The molecule has 1 heterocycles. The molecule has 1 aromatic heterocycles. The predicted octanol–water partition coefficient (Wildman–Crippen LogP) is 3.47. The lowest BCUT2D eigenvalue weighted by atomic mass is 10.0. The van der Waals surface area contributed by atoms with Gasteiger partial charge in [0, 0.05) is 12.1 Å². The number of carbonyl (C=O) groups is 1. The van der Waals surface area contributed by atoms with Gasteiger partial charge in [0.15, 0.2) is 0 Å². The van der Waals surface area contributed by atoms with E-state index in [1.165, 1.54) is 11.1 Å². The number of aryl methyl sites for hydroxylation is 4. The number of rotatable bonds is 4. The zero-order valence-corrected chi connectivity index (χ0v) is 13.8. The molecule has 1 unspecified atom stereocenters. The van der Waals surface area contributed by atoms with E-state index in [0.29, 0.717) is 6.54 Å². The Morgan fingerprint density at radius 2 is 1.82 bits per heavy atom. The zero-order chi connectivity index (χ0) is 16.3. The summed E-state index contributed by atoms with van der Waals surface area (Å²) in [7, 11) is 0. The molecule has 0 fully saturated rings. The van der Waals surface area contributed by atoms with Gasteiger partial charge < -0.3 is 15.2 Å². The topological polar surface area (TPSA) is 67.2 Å². The Bertz CT molecular complexity index is 637. The number of nitrogens with one attached hydrogen (secondary N) is 2. The number of carbonyl (C=O) groups excluding carboxylic acids is 1. The highest BCUT2D eigenvalue weighted by Gasteiger charge is 2.13. The maximum absolute atomic E-state index is 12.0. The third-order valence-electron chi connectivity index (χ3n) is 3.70. The molecule has 1 aromatic carbocycles. The van der Waals surface area contributed by atoms with Crippen molar-refractivity contribution in [2.24, 2.45) is 0 Å². The summed E-state index contributed by atoms with van der Waals surface area (Å²) in [5.74, 6) is 0.736. The average Bonchev–Trinajstić information content (AvgIpc) is 2.74. The minimum absolute atomic E-state index is 0.0525. The molecule has 0 aliphatic heterocycles. The Morgan fingerprint density at radius 1 is 1.18 bits per heavy atom. The number of hydrogen-bond donors (Lipinski definition) is 2. The highest BCUT2D eigenvalue weighted by Crippen LogP contribution is 2.16. The SMILES string of the molecule is Cc1cc(C)cc(C(C)NC(=O)NCc2c(C)noc2C)c1. The Labute approximate surface area is 131 Å². The Balaban J connectivity index is 1.94. The van der Waals surface area contributed by atoms with Crippen LogP contribution in [0.15, 0.2) is 22.7 Å². The third-order valence-corrected chi connectivity index (χ3v) is 3.70. The van der Waals surface area contributed by atoms with Gasteiger partial charge in [-0.2, -0.15) is 0 Å².